The number of rotatable bonds is 13. The molecule has 2 aromatic rings. The smallest absolute Gasteiger partial charge is 0.163 e. The Morgan fingerprint density at radius 2 is 1.62 bits per heavy atom. The second-order valence-corrected chi connectivity index (χ2v) is 12.3. The molecule has 1 aliphatic carbocycles. The molecule has 3 unspecified atom stereocenters. The van der Waals surface area contributed by atoms with Crippen LogP contribution in [0.4, 0.5) is 0 Å². The molecule has 0 fully saturated rings. The van der Waals surface area contributed by atoms with E-state index < -0.39 is 0 Å². The van der Waals surface area contributed by atoms with Gasteiger partial charge < -0.3 is 0 Å². The van der Waals surface area contributed by atoms with E-state index in [1.165, 1.54) is 35.6 Å². The maximum atomic E-state index is 13.7. The standard InChI is InChI=1S/C34H46O3.C3H8/c1-7-12-28(29(8-2)32(36)17-23(5)35)18-26-19-31-30(22(3)4)21-27(24(6)34(31)33(37)20-26)16-15-25-13-10-9-11-14-25;1-3-2/h9-11,13-14,21-22,26,28-29H,7-8,12,15-20H2,1-6H3;3H2,1-2H3. The fourth-order valence-corrected chi connectivity index (χ4v) is 6.58. The van der Waals surface area contributed by atoms with Crippen molar-refractivity contribution in [2.45, 2.75) is 126 Å². The van der Waals surface area contributed by atoms with Crippen molar-refractivity contribution in [3.8, 4) is 0 Å². The Bertz CT molecular complexity index is 1110. The first-order chi connectivity index (χ1) is 19.1. The van der Waals surface area contributed by atoms with Crippen molar-refractivity contribution in [3.63, 3.8) is 0 Å². The van der Waals surface area contributed by atoms with Crippen LogP contribution in [-0.2, 0) is 28.9 Å². The summed E-state index contributed by atoms with van der Waals surface area (Å²) in [4.78, 5) is 38.2. The van der Waals surface area contributed by atoms with Gasteiger partial charge in [-0.05, 0) is 91.5 Å². The van der Waals surface area contributed by atoms with E-state index in [9.17, 15) is 14.4 Å². The van der Waals surface area contributed by atoms with Gasteiger partial charge in [0.05, 0.1) is 6.42 Å². The molecule has 0 saturated heterocycles. The number of fused-ring (bicyclic) bond motifs is 1. The lowest BCUT2D eigenvalue weighted by Gasteiger charge is -2.33. The molecule has 0 bridgehead atoms. The summed E-state index contributed by atoms with van der Waals surface area (Å²) in [5.74, 6) is 1.04. The molecule has 2 aromatic carbocycles. The highest BCUT2D eigenvalue weighted by Crippen LogP contribution is 2.40. The normalized spacial score (nSPS) is 16.1. The van der Waals surface area contributed by atoms with Gasteiger partial charge in [0.25, 0.3) is 0 Å². The molecular weight excluding hydrogens is 492 g/mol. The number of hydrogen-bond donors (Lipinski definition) is 0. The van der Waals surface area contributed by atoms with Crippen LogP contribution in [0.5, 0.6) is 0 Å². The van der Waals surface area contributed by atoms with Crippen molar-refractivity contribution in [2.24, 2.45) is 17.8 Å². The van der Waals surface area contributed by atoms with Gasteiger partial charge in [0.1, 0.15) is 11.6 Å². The second kappa shape index (κ2) is 16.7. The van der Waals surface area contributed by atoms with Gasteiger partial charge >= 0.3 is 0 Å². The Hall–Kier alpha value is -2.55. The van der Waals surface area contributed by atoms with E-state index in [-0.39, 0.29) is 41.5 Å². The first kappa shape index (κ1) is 33.7. The summed E-state index contributed by atoms with van der Waals surface area (Å²) < 4.78 is 0. The number of Topliss-reactive ketones (excluding diaryl/α,β-unsaturated/α-hetero) is 3. The van der Waals surface area contributed by atoms with E-state index in [0.29, 0.717) is 12.3 Å². The van der Waals surface area contributed by atoms with Gasteiger partial charge in [-0.2, -0.15) is 0 Å². The molecule has 3 nitrogen and oxygen atoms in total. The van der Waals surface area contributed by atoms with Crippen LogP contribution in [0.1, 0.15) is 138 Å². The molecule has 3 heteroatoms. The van der Waals surface area contributed by atoms with Crippen LogP contribution in [0.25, 0.3) is 0 Å². The zero-order valence-electron chi connectivity index (χ0n) is 26.6. The van der Waals surface area contributed by atoms with Gasteiger partial charge in [0.15, 0.2) is 5.78 Å². The van der Waals surface area contributed by atoms with Gasteiger partial charge in [-0.25, -0.2) is 0 Å². The average Bonchev–Trinajstić information content (AvgIpc) is 2.89. The molecule has 3 rings (SSSR count). The monoisotopic (exact) mass is 546 g/mol. The summed E-state index contributed by atoms with van der Waals surface area (Å²) in [6, 6.07) is 12.9. The lowest BCUT2D eigenvalue weighted by Crippen LogP contribution is -2.30. The molecule has 0 spiro atoms. The van der Waals surface area contributed by atoms with Gasteiger partial charge in [-0.15, -0.1) is 0 Å². The second-order valence-electron chi connectivity index (χ2n) is 12.3. The molecular formula is C37H54O3. The van der Waals surface area contributed by atoms with Gasteiger partial charge in [0, 0.05) is 17.9 Å². The van der Waals surface area contributed by atoms with Crippen LogP contribution in [0.3, 0.4) is 0 Å². The highest BCUT2D eigenvalue weighted by atomic mass is 16.1. The van der Waals surface area contributed by atoms with Crippen LogP contribution in [0, 0.1) is 24.7 Å². The van der Waals surface area contributed by atoms with Crippen molar-refractivity contribution in [3.05, 3.63) is 69.8 Å². The Morgan fingerprint density at radius 1 is 0.975 bits per heavy atom. The largest absolute Gasteiger partial charge is 0.300 e. The minimum atomic E-state index is -0.0907. The van der Waals surface area contributed by atoms with E-state index in [1.807, 2.05) is 6.07 Å². The molecule has 0 aliphatic heterocycles. The SMILES string of the molecule is CCC.CCCC(CC1CC(=O)c2c(C)c(CCc3ccccc3)cc(C(C)C)c2C1)C(CC)C(=O)CC(C)=O. The summed E-state index contributed by atoms with van der Waals surface area (Å²) in [7, 11) is 0. The zero-order chi connectivity index (χ0) is 29.8. The molecule has 3 atom stereocenters. The van der Waals surface area contributed by atoms with Gasteiger partial charge in [-0.3, -0.25) is 14.4 Å². The first-order valence-corrected chi connectivity index (χ1v) is 15.8. The minimum absolute atomic E-state index is 0.0353. The molecule has 0 radical (unpaired) electrons. The minimum Gasteiger partial charge on any atom is -0.300 e. The van der Waals surface area contributed by atoms with Crippen LogP contribution in [0.15, 0.2) is 36.4 Å². The van der Waals surface area contributed by atoms with Crippen LogP contribution in [0.2, 0.25) is 0 Å². The molecule has 40 heavy (non-hydrogen) atoms. The summed E-state index contributed by atoms with van der Waals surface area (Å²) in [6.07, 6.45) is 8.28. The van der Waals surface area contributed by atoms with Crippen LogP contribution in [-0.4, -0.2) is 17.3 Å². The maximum absolute atomic E-state index is 13.7. The fraction of sp³-hybridized carbons (Fsp3) is 0.595. The van der Waals surface area contributed by atoms with Crippen molar-refractivity contribution in [2.75, 3.05) is 0 Å². The summed E-state index contributed by atoms with van der Waals surface area (Å²) >= 11 is 0. The number of carbonyl (C=O) groups excluding carboxylic acids is 3. The van der Waals surface area contributed by atoms with Gasteiger partial charge in [-0.1, -0.05) is 97.2 Å². The Balaban J connectivity index is 0.00000178. The molecule has 1 aliphatic rings. The Kier molecular flexibility index (Phi) is 14.0. The average molecular weight is 547 g/mol. The lowest BCUT2D eigenvalue weighted by molar-refractivity contribution is -0.129. The van der Waals surface area contributed by atoms with Crippen molar-refractivity contribution in [1.29, 1.82) is 0 Å². The van der Waals surface area contributed by atoms with E-state index in [1.54, 1.807) is 0 Å². The predicted molar refractivity (Wildman–Crippen MR) is 168 cm³/mol. The predicted octanol–water partition coefficient (Wildman–Crippen LogP) is 9.45. The van der Waals surface area contributed by atoms with Crippen LogP contribution >= 0.6 is 0 Å². The van der Waals surface area contributed by atoms with Crippen LogP contribution < -0.4 is 0 Å². The third kappa shape index (κ3) is 9.25. The number of benzene rings is 2. The summed E-state index contributed by atoms with van der Waals surface area (Å²) in [5, 5.41) is 0. The highest BCUT2D eigenvalue weighted by molar-refractivity contribution is 6.01. The van der Waals surface area contributed by atoms with E-state index in [2.05, 4.69) is 78.8 Å². The third-order valence-electron chi connectivity index (χ3n) is 8.37. The first-order valence-electron chi connectivity index (χ1n) is 15.8. The Labute approximate surface area is 244 Å². The zero-order valence-corrected chi connectivity index (χ0v) is 26.6. The van der Waals surface area contributed by atoms with E-state index in [0.717, 1.165) is 56.1 Å². The quantitative estimate of drug-likeness (QED) is 0.235. The fourth-order valence-electron chi connectivity index (χ4n) is 6.58. The molecule has 0 amide bonds. The maximum Gasteiger partial charge on any atom is 0.163 e. The molecule has 0 heterocycles. The Morgan fingerprint density at radius 3 is 2.17 bits per heavy atom. The molecule has 0 saturated carbocycles. The van der Waals surface area contributed by atoms with E-state index in [4.69, 9.17) is 0 Å². The number of aryl methyl sites for hydroxylation is 2. The van der Waals surface area contributed by atoms with E-state index >= 15 is 0 Å². The lowest BCUT2D eigenvalue weighted by atomic mass is 9.70. The summed E-state index contributed by atoms with van der Waals surface area (Å²) in [5.41, 5.74) is 7.31. The molecule has 220 valence electrons. The third-order valence-corrected chi connectivity index (χ3v) is 8.37. The number of hydrogen-bond acceptors (Lipinski definition) is 3. The molecule has 0 N–H and O–H groups in total. The van der Waals surface area contributed by atoms with Gasteiger partial charge in [0.2, 0.25) is 0 Å². The topological polar surface area (TPSA) is 51.2 Å². The van der Waals surface area contributed by atoms with Crippen molar-refractivity contribution >= 4 is 17.3 Å². The highest BCUT2D eigenvalue weighted by Gasteiger charge is 2.34. The molecule has 0 aromatic heterocycles. The number of ketones is 3. The van der Waals surface area contributed by atoms with Crippen molar-refractivity contribution in [1.82, 2.24) is 0 Å². The number of carbonyl (C=O) groups is 3. The summed E-state index contributed by atoms with van der Waals surface area (Å²) in [6.45, 7) is 16.6. The van der Waals surface area contributed by atoms with Crippen molar-refractivity contribution < 1.29 is 14.4 Å².